The van der Waals surface area contributed by atoms with E-state index in [2.05, 4.69) is 34.5 Å². The summed E-state index contributed by atoms with van der Waals surface area (Å²) in [6, 6.07) is 7.87. The van der Waals surface area contributed by atoms with E-state index in [1.165, 1.54) is 24.5 Å². The summed E-state index contributed by atoms with van der Waals surface area (Å²) < 4.78 is 9.19. The predicted octanol–water partition coefficient (Wildman–Crippen LogP) is 2.26. The predicted molar refractivity (Wildman–Crippen MR) is 91.2 cm³/mol. The summed E-state index contributed by atoms with van der Waals surface area (Å²) in [5.74, 6) is -2.65. The van der Waals surface area contributed by atoms with E-state index in [4.69, 9.17) is 10.2 Å². The molecule has 0 spiro atoms. The molecule has 0 saturated carbocycles. The number of nitrogens with zero attached hydrogens (tertiary/aromatic N) is 5. The highest BCUT2D eigenvalue weighted by Crippen LogP contribution is 2.18. The number of carbonyl (C=O) groups is 2. The zero-order chi connectivity index (χ0) is 19.9. The molecule has 0 saturated heterocycles. The molecular formula is C17H11N5O6. The molecule has 11 nitrogen and oxygen atoms in total. The van der Waals surface area contributed by atoms with Crippen molar-refractivity contribution in [2.75, 3.05) is 0 Å². The van der Waals surface area contributed by atoms with Crippen LogP contribution in [0, 0.1) is 0 Å². The minimum atomic E-state index is -1.15. The fraction of sp³-hybridized carbons (Fsp3) is 0. The van der Waals surface area contributed by atoms with Gasteiger partial charge in [0.1, 0.15) is 11.4 Å². The average Bonchev–Trinajstić information content (AvgIpc) is 3.40. The van der Waals surface area contributed by atoms with E-state index >= 15 is 0 Å². The second kappa shape index (κ2) is 8.31. The summed E-state index contributed by atoms with van der Waals surface area (Å²) in [5, 5.41) is 31.6. The third kappa shape index (κ3) is 4.40. The molecule has 4 heterocycles. The Bertz CT molecular complexity index is 990. The molecule has 0 radical (unpaired) electrons. The maximum Gasteiger partial charge on any atom is 0.374 e. The molecule has 0 atom stereocenters. The van der Waals surface area contributed by atoms with Gasteiger partial charge in [0, 0.05) is 35.7 Å². The molecule has 11 heteroatoms. The molecule has 4 rings (SSSR count). The number of aromatic nitrogens is 5. The Hall–Kier alpha value is -4.41. The van der Waals surface area contributed by atoms with Crippen LogP contribution in [0.15, 0.2) is 64.2 Å². The summed E-state index contributed by atoms with van der Waals surface area (Å²) >= 11 is 0. The van der Waals surface area contributed by atoms with Gasteiger partial charge in [0.2, 0.25) is 11.5 Å². The first-order valence-corrected chi connectivity index (χ1v) is 7.62. The Morgan fingerprint density at radius 3 is 1.82 bits per heavy atom. The molecule has 0 bridgehead atoms. The van der Waals surface area contributed by atoms with Crippen molar-refractivity contribution in [1.82, 2.24) is 25.5 Å². The lowest BCUT2D eigenvalue weighted by molar-refractivity contribution is 0.0642. The molecular weight excluding hydrogens is 370 g/mol. The molecule has 0 fully saturated rings. The average molecular weight is 381 g/mol. The van der Waals surface area contributed by atoms with E-state index < -0.39 is 11.9 Å². The van der Waals surface area contributed by atoms with E-state index in [0.29, 0.717) is 17.0 Å². The highest BCUT2D eigenvalue weighted by atomic mass is 16.5. The molecule has 2 N–H and O–H groups in total. The molecule has 0 aromatic carbocycles. The Kier molecular flexibility index (Phi) is 5.46. The summed E-state index contributed by atoms with van der Waals surface area (Å²) in [6.45, 7) is 0. The maximum atomic E-state index is 10.5. The van der Waals surface area contributed by atoms with Gasteiger partial charge >= 0.3 is 11.9 Å². The van der Waals surface area contributed by atoms with Crippen LogP contribution in [-0.2, 0) is 0 Å². The van der Waals surface area contributed by atoms with E-state index in [1.807, 2.05) is 0 Å². The minimum Gasteiger partial charge on any atom is -0.475 e. The summed E-state index contributed by atoms with van der Waals surface area (Å²) in [6.07, 6.45) is 6.18. The smallest absolute Gasteiger partial charge is 0.374 e. The Morgan fingerprint density at radius 2 is 1.39 bits per heavy atom. The van der Waals surface area contributed by atoms with E-state index in [0.717, 1.165) is 5.56 Å². The van der Waals surface area contributed by atoms with Gasteiger partial charge in [0.25, 0.3) is 0 Å². The molecule has 0 aliphatic heterocycles. The van der Waals surface area contributed by atoms with Gasteiger partial charge in [0.15, 0.2) is 0 Å². The second-order valence-electron chi connectivity index (χ2n) is 5.14. The number of hydrogen-bond donors (Lipinski definition) is 2. The van der Waals surface area contributed by atoms with Gasteiger partial charge in [-0.2, -0.15) is 10.2 Å². The SMILES string of the molecule is O=C(O)c1cc(-c2cccnc2)no1.O=C(O)c1cc(-c2ccnnc2)no1. The number of rotatable bonds is 4. The molecule has 0 amide bonds. The molecule has 0 aliphatic carbocycles. The molecule has 4 aromatic rings. The molecule has 4 aromatic heterocycles. The third-order valence-corrected chi connectivity index (χ3v) is 3.28. The monoisotopic (exact) mass is 381 g/mol. The lowest BCUT2D eigenvalue weighted by Crippen LogP contribution is -1.91. The van der Waals surface area contributed by atoms with Crippen molar-refractivity contribution in [1.29, 1.82) is 0 Å². The lowest BCUT2D eigenvalue weighted by Gasteiger charge is -1.90. The van der Waals surface area contributed by atoms with Gasteiger partial charge in [-0.15, -0.1) is 0 Å². The Labute approximate surface area is 156 Å². The number of aromatic carboxylic acids is 2. The Balaban J connectivity index is 0.000000161. The topological polar surface area (TPSA) is 165 Å². The number of carboxylic acids is 2. The first kappa shape index (κ1) is 18.4. The van der Waals surface area contributed by atoms with Crippen molar-refractivity contribution in [3.8, 4) is 22.5 Å². The molecule has 28 heavy (non-hydrogen) atoms. The first-order valence-electron chi connectivity index (χ1n) is 7.62. The van der Waals surface area contributed by atoms with Crippen LogP contribution in [-0.4, -0.2) is 47.6 Å². The van der Waals surface area contributed by atoms with Crippen LogP contribution in [0.5, 0.6) is 0 Å². The van der Waals surface area contributed by atoms with Gasteiger partial charge in [-0.05, 0) is 18.2 Å². The van der Waals surface area contributed by atoms with E-state index in [9.17, 15) is 9.59 Å². The second-order valence-corrected chi connectivity index (χ2v) is 5.14. The molecule has 0 aliphatic rings. The summed E-state index contributed by atoms with van der Waals surface area (Å²) in [4.78, 5) is 24.9. The maximum absolute atomic E-state index is 10.5. The van der Waals surface area contributed by atoms with Crippen LogP contribution in [0.1, 0.15) is 21.1 Å². The normalized spacial score (nSPS) is 10.0. The zero-order valence-corrected chi connectivity index (χ0v) is 14.0. The Morgan fingerprint density at radius 1 is 0.786 bits per heavy atom. The number of carboxylic acid groups (broad SMARTS) is 2. The summed E-state index contributed by atoms with van der Waals surface area (Å²) in [5.41, 5.74) is 2.28. The van der Waals surface area contributed by atoms with Crippen molar-refractivity contribution >= 4 is 11.9 Å². The number of pyridine rings is 1. The van der Waals surface area contributed by atoms with Crippen LogP contribution in [0.25, 0.3) is 22.5 Å². The number of hydrogen-bond acceptors (Lipinski definition) is 9. The fourth-order valence-electron chi connectivity index (χ4n) is 1.98. The van der Waals surface area contributed by atoms with Crippen LogP contribution in [0.2, 0.25) is 0 Å². The van der Waals surface area contributed by atoms with Gasteiger partial charge in [0.05, 0.1) is 12.4 Å². The lowest BCUT2D eigenvalue weighted by atomic mass is 10.2. The standard InChI is InChI=1S/C9H6N2O3.C8H5N3O3/c12-9(13)8-4-7(11-14-8)6-2-1-3-10-5-6;12-8(13)7-3-6(11-14-7)5-1-2-9-10-4-5/h1-5H,(H,12,13);1-4H,(H,12,13). The first-order chi connectivity index (χ1) is 13.5. The van der Waals surface area contributed by atoms with Gasteiger partial charge < -0.3 is 19.3 Å². The van der Waals surface area contributed by atoms with Crippen molar-refractivity contribution in [2.24, 2.45) is 0 Å². The molecule has 140 valence electrons. The largest absolute Gasteiger partial charge is 0.475 e. The van der Waals surface area contributed by atoms with Gasteiger partial charge in [-0.1, -0.05) is 10.3 Å². The van der Waals surface area contributed by atoms with Crippen molar-refractivity contribution in [2.45, 2.75) is 0 Å². The highest BCUT2D eigenvalue weighted by Gasteiger charge is 2.12. The highest BCUT2D eigenvalue weighted by molar-refractivity contribution is 5.86. The van der Waals surface area contributed by atoms with Gasteiger partial charge in [-0.3, -0.25) is 4.98 Å². The van der Waals surface area contributed by atoms with Crippen molar-refractivity contribution in [3.05, 3.63) is 66.6 Å². The molecule has 0 unspecified atom stereocenters. The minimum absolute atomic E-state index is 0.177. The van der Waals surface area contributed by atoms with E-state index in [-0.39, 0.29) is 11.5 Å². The fourth-order valence-corrected chi connectivity index (χ4v) is 1.98. The van der Waals surface area contributed by atoms with Crippen LogP contribution >= 0.6 is 0 Å². The van der Waals surface area contributed by atoms with Gasteiger partial charge in [-0.25, -0.2) is 9.59 Å². The van der Waals surface area contributed by atoms with Crippen LogP contribution in [0.4, 0.5) is 0 Å². The van der Waals surface area contributed by atoms with E-state index in [1.54, 1.807) is 30.6 Å². The van der Waals surface area contributed by atoms with Crippen LogP contribution < -0.4 is 0 Å². The summed E-state index contributed by atoms with van der Waals surface area (Å²) in [7, 11) is 0. The zero-order valence-electron chi connectivity index (χ0n) is 14.0. The van der Waals surface area contributed by atoms with Crippen molar-refractivity contribution in [3.63, 3.8) is 0 Å². The third-order valence-electron chi connectivity index (χ3n) is 3.28. The quantitative estimate of drug-likeness (QED) is 0.532. The van der Waals surface area contributed by atoms with Crippen LogP contribution in [0.3, 0.4) is 0 Å². The van der Waals surface area contributed by atoms with Crippen molar-refractivity contribution < 1.29 is 28.8 Å².